The van der Waals surface area contributed by atoms with Crippen molar-refractivity contribution < 1.29 is 14.3 Å². The number of nitrogens with one attached hydrogen (secondary N) is 1. The molecule has 192 valence electrons. The maximum absolute atomic E-state index is 12.9. The standard InChI is InChI=1S/C30H39N3O3/c1-7-29-17-15-25(34)33(6)24(29)13-12-22-27(3)16-14-23(28(27,4)18-19-30(22,29)31-5)32-26(35)36-21-10-8-20(2)9-11-21/h7-11,15,17,22-24H,1,5,12-14,16,18-19H2,2-4,6H3,(H,32,35)/t22-,23-,24+,27-,28+,29-,30+/m0/s1. The first-order valence-corrected chi connectivity index (χ1v) is 13.2. The molecule has 7 atom stereocenters. The first-order chi connectivity index (χ1) is 17.1. The number of hydrogen-bond donors (Lipinski definition) is 1. The van der Waals surface area contributed by atoms with Crippen LogP contribution in [0.5, 0.6) is 5.75 Å². The first-order valence-electron chi connectivity index (χ1n) is 13.2. The molecule has 0 bridgehead atoms. The molecule has 36 heavy (non-hydrogen) atoms. The molecule has 0 spiro atoms. The van der Waals surface area contributed by atoms with Crippen LogP contribution in [0.15, 0.2) is 54.1 Å². The van der Waals surface area contributed by atoms with Gasteiger partial charge in [0.05, 0.1) is 11.0 Å². The topological polar surface area (TPSA) is 71.0 Å². The molecule has 3 fully saturated rings. The number of aryl methyl sites for hydroxylation is 1. The van der Waals surface area contributed by atoms with E-state index in [-0.39, 0.29) is 34.7 Å². The van der Waals surface area contributed by atoms with Gasteiger partial charge in [0, 0.05) is 25.2 Å². The largest absolute Gasteiger partial charge is 0.412 e. The summed E-state index contributed by atoms with van der Waals surface area (Å²) in [5.41, 5.74) is 0.0879. The Morgan fingerprint density at radius 2 is 1.86 bits per heavy atom. The molecule has 0 radical (unpaired) electrons. The van der Waals surface area contributed by atoms with Crippen LogP contribution in [0.2, 0.25) is 0 Å². The van der Waals surface area contributed by atoms with Crippen molar-refractivity contribution in [1.29, 1.82) is 0 Å². The highest BCUT2D eigenvalue weighted by atomic mass is 16.6. The van der Waals surface area contributed by atoms with Crippen molar-refractivity contribution >= 4 is 18.7 Å². The number of amides is 2. The van der Waals surface area contributed by atoms with Gasteiger partial charge in [0.15, 0.2) is 0 Å². The van der Waals surface area contributed by atoms with Crippen molar-refractivity contribution in [3.05, 3.63) is 54.6 Å². The lowest BCUT2D eigenvalue weighted by Gasteiger charge is -2.68. The van der Waals surface area contributed by atoms with Gasteiger partial charge in [0.1, 0.15) is 5.75 Å². The monoisotopic (exact) mass is 489 g/mol. The predicted molar refractivity (Wildman–Crippen MR) is 142 cm³/mol. The van der Waals surface area contributed by atoms with E-state index in [1.807, 2.05) is 49.2 Å². The van der Waals surface area contributed by atoms with Crippen LogP contribution in [0.4, 0.5) is 4.79 Å². The summed E-state index contributed by atoms with van der Waals surface area (Å²) >= 11 is 0. The molecule has 3 saturated carbocycles. The number of benzene rings is 1. The third kappa shape index (κ3) is 3.12. The Labute approximate surface area is 214 Å². The number of nitrogens with zero attached hydrogens (tertiary/aromatic N) is 2. The smallest absolute Gasteiger partial charge is 0.410 e. The third-order valence-corrected chi connectivity index (χ3v) is 10.9. The summed E-state index contributed by atoms with van der Waals surface area (Å²) in [7, 11) is 1.90. The fourth-order valence-corrected chi connectivity index (χ4v) is 8.63. The van der Waals surface area contributed by atoms with Gasteiger partial charge in [-0.3, -0.25) is 9.79 Å². The van der Waals surface area contributed by atoms with Crippen molar-refractivity contribution in [2.24, 2.45) is 27.2 Å². The molecule has 4 aliphatic rings. The zero-order valence-corrected chi connectivity index (χ0v) is 22.0. The summed E-state index contributed by atoms with van der Waals surface area (Å²) in [6.07, 6.45) is 10.9. The highest BCUT2D eigenvalue weighted by Gasteiger charge is 2.72. The molecule has 1 aliphatic heterocycles. The average Bonchev–Trinajstić information content (AvgIpc) is 3.13. The second-order valence-electron chi connectivity index (χ2n) is 11.9. The van der Waals surface area contributed by atoms with Gasteiger partial charge in [0.2, 0.25) is 5.91 Å². The van der Waals surface area contributed by atoms with Crippen LogP contribution in [0.3, 0.4) is 0 Å². The number of fused-ring (bicyclic) bond motifs is 5. The predicted octanol–water partition coefficient (Wildman–Crippen LogP) is 5.47. The van der Waals surface area contributed by atoms with Crippen LogP contribution in [-0.2, 0) is 4.79 Å². The maximum Gasteiger partial charge on any atom is 0.412 e. The number of rotatable bonds is 4. The Hall–Kier alpha value is -2.89. The van der Waals surface area contributed by atoms with Crippen LogP contribution in [0.25, 0.3) is 0 Å². The average molecular weight is 490 g/mol. The molecule has 0 aromatic heterocycles. The van der Waals surface area contributed by atoms with E-state index in [2.05, 4.69) is 38.5 Å². The number of ether oxygens (including phenoxy) is 1. The lowest BCUT2D eigenvalue weighted by molar-refractivity contribution is -0.149. The number of likely N-dealkylation sites (N-methyl/N-ethyl adjacent to an activating group) is 1. The van der Waals surface area contributed by atoms with Gasteiger partial charge in [0.25, 0.3) is 0 Å². The van der Waals surface area contributed by atoms with Gasteiger partial charge in [-0.25, -0.2) is 4.79 Å². The molecule has 3 aliphatic carbocycles. The van der Waals surface area contributed by atoms with E-state index in [1.54, 1.807) is 6.08 Å². The van der Waals surface area contributed by atoms with Crippen LogP contribution in [0.1, 0.15) is 57.9 Å². The molecule has 1 aromatic rings. The molecule has 1 aromatic carbocycles. The molecule has 0 unspecified atom stereocenters. The first kappa shape index (κ1) is 24.8. The Bertz CT molecular complexity index is 1130. The van der Waals surface area contributed by atoms with E-state index >= 15 is 0 Å². The fraction of sp³-hybridized carbons (Fsp3) is 0.567. The van der Waals surface area contributed by atoms with Gasteiger partial charge >= 0.3 is 6.09 Å². The highest BCUT2D eigenvalue weighted by Crippen LogP contribution is 2.72. The maximum atomic E-state index is 12.9. The molecular weight excluding hydrogens is 450 g/mol. The Balaban J connectivity index is 1.45. The summed E-state index contributed by atoms with van der Waals surface area (Å²) in [5.74, 6) is 0.859. The van der Waals surface area contributed by atoms with E-state index in [1.165, 1.54) is 0 Å². The quantitative estimate of drug-likeness (QED) is 0.450. The number of aliphatic imine (C=N–C) groups is 1. The van der Waals surface area contributed by atoms with E-state index in [4.69, 9.17) is 9.73 Å². The van der Waals surface area contributed by atoms with Gasteiger partial charge in [-0.15, -0.1) is 6.58 Å². The molecule has 0 saturated heterocycles. The highest BCUT2D eigenvalue weighted by molar-refractivity contribution is 5.89. The summed E-state index contributed by atoms with van der Waals surface area (Å²) < 4.78 is 5.62. The van der Waals surface area contributed by atoms with Crippen LogP contribution in [-0.4, -0.2) is 48.3 Å². The van der Waals surface area contributed by atoms with Crippen molar-refractivity contribution in [1.82, 2.24) is 10.2 Å². The van der Waals surface area contributed by atoms with Crippen molar-refractivity contribution in [2.75, 3.05) is 7.05 Å². The Morgan fingerprint density at radius 3 is 2.53 bits per heavy atom. The van der Waals surface area contributed by atoms with Crippen LogP contribution < -0.4 is 10.1 Å². The van der Waals surface area contributed by atoms with E-state index in [9.17, 15) is 9.59 Å². The molecule has 1 heterocycles. The van der Waals surface area contributed by atoms with Crippen molar-refractivity contribution in [3.63, 3.8) is 0 Å². The lowest BCUT2D eigenvalue weighted by atomic mass is 9.39. The van der Waals surface area contributed by atoms with Crippen molar-refractivity contribution in [3.8, 4) is 5.75 Å². The molecule has 6 heteroatoms. The number of carbonyl (C=O) groups excluding carboxylic acids is 2. The molecule has 1 N–H and O–H groups in total. The van der Waals surface area contributed by atoms with Gasteiger partial charge in [-0.2, -0.15) is 0 Å². The van der Waals surface area contributed by atoms with Gasteiger partial charge < -0.3 is 15.0 Å². The summed E-state index contributed by atoms with van der Waals surface area (Å²) in [6.45, 7) is 15.2. The third-order valence-electron chi connectivity index (χ3n) is 10.9. The van der Waals surface area contributed by atoms with Crippen LogP contribution in [0, 0.1) is 29.1 Å². The molecule has 5 rings (SSSR count). The lowest BCUT2D eigenvalue weighted by Crippen LogP contribution is -2.71. The van der Waals surface area contributed by atoms with Gasteiger partial charge in [-0.05, 0) is 81.0 Å². The zero-order chi connectivity index (χ0) is 25.9. The number of carbonyl (C=O) groups is 2. The molecule has 6 nitrogen and oxygen atoms in total. The second-order valence-corrected chi connectivity index (χ2v) is 11.9. The Morgan fingerprint density at radius 1 is 1.14 bits per heavy atom. The minimum Gasteiger partial charge on any atom is -0.410 e. The SMILES string of the molecule is C=C[C@]12C=CC(=O)N(C)[C@@H]1CC[C@H]1[C@]3(C)CC[C@H](NC(=O)Oc4ccc(C)cc4)[C@@]3(C)CC[C@@]12N=C. The summed E-state index contributed by atoms with van der Waals surface area (Å²) in [5, 5.41) is 3.23. The summed E-state index contributed by atoms with van der Waals surface area (Å²) in [6, 6.07) is 7.58. The normalized spacial score (nSPS) is 41.1. The number of hydrogen-bond acceptors (Lipinski definition) is 4. The molecule has 2 amide bonds. The fourth-order valence-electron chi connectivity index (χ4n) is 8.63. The minimum absolute atomic E-state index is 0.0202. The zero-order valence-electron chi connectivity index (χ0n) is 22.0. The van der Waals surface area contributed by atoms with E-state index in [0.29, 0.717) is 5.75 Å². The minimum atomic E-state index is -0.444. The van der Waals surface area contributed by atoms with Crippen molar-refractivity contribution in [2.45, 2.75) is 76.9 Å². The van der Waals surface area contributed by atoms with E-state index < -0.39 is 17.0 Å². The van der Waals surface area contributed by atoms with Gasteiger partial charge in [-0.1, -0.05) is 43.7 Å². The summed E-state index contributed by atoms with van der Waals surface area (Å²) in [4.78, 5) is 32.3. The Kier molecular flexibility index (Phi) is 5.73. The molecular formula is C30H39N3O3. The van der Waals surface area contributed by atoms with Crippen LogP contribution >= 0.6 is 0 Å². The van der Waals surface area contributed by atoms with E-state index in [0.717, 1.165) is 44.1 Å². The second kappa shape index (κ2) is 8.32.